The predicted octanol–water partition coefficient (Wildman–Crippen LogP) is 2.99. The van der Waals surface area contributed by atoms with Crippen LogP contribution >= 0.6 is 0 Å². The van der Waals surface area contributed by atoms with Crippen molar-refractivity contribution in [1.29, 1.82) is 0 Å². The van der Waals surface area contributed by atoms with E-state index in [4.69, 9.17) is 0 Å². The predicted molar refractivity (Wildman–Crippen MR) is 76.1 cm³/mol. The van der Waals surface area contributed by atoms with Crippen molar-refractivity contribution in [2.24, 2.45) is 0 Å². The summed E-state index contributed by atoms with van der Waals surface area (Å²) < 4.78 is 41.3. The number of nitrogens with one attached hydrogen (secondary N) is 1. The number of alkyl halides is 3. The third-order valence-corrected chi connectivity index (χ3v) is 3.47. The molecule has 0 radical (unpaired) electrons. The van der Waals surface area contributed by atoms with Crippen LogP contribution in [0, 0.1) is 0 Å². The minimum atomic E-state index is -4.42. The first-order valence-electron chi connectivity index (χ1n) is 7.25. The maximum Gasteiger partial charge on any atom is 0.435 e. The standard InChI is InChI=1S/C14H20F3N5/c1-4-21-7-6-12(19-21)10(3)18-9-11-8-13(14(15,16)17)20-22(11)5-2/h6-8,10,18H,4-5,9H2,1-3H3. The van der Waals surface area contributed by atoms with Gasteiger partial charge in [-0.1, -0.05) is 0 Å². The maximum absolute atomic E-state index is 12.7. The summed E-state index contributed by atoms with van der Waals surface area (Å²) in [4.78, 5) is 0. The molecule has 0 spiro atoms. The molecule has 5 nitrogen and oxygen atoms in total. The summed E-state index contributed by atoms with van der Waals surface area (Å²) >= 11 is 0. The first-order valence-corrected chi connectivity index (χ1v) is 7.25. The van der Waals surface area contributed by atoms with Crippen LogP contribution in [0.25, 0.3) is 0 Å². The molecule has 0 aliphatic rings. The van der Waals surface area contributed by atoms with Crippen LogP contribution in [-0.4, -0.2) is 19.6 Å². The fraction of sp³-hybridized carbons (Fsp3) is 0.571. The summed E-state index contributed by atoms with van der Waals surface area (Å²) in [6.07, 6.45) is -2.54. The fourth-order valence-corrected chi connectivity index (χ4v) is 2.16. The molecule has 0 saturated heterocycles. The Balaban J connectivity index is 2.05. The van der Waals surface area contributed by atoms with E-state index < -0.39 is 11.9 Å². The van der Waals surface area contributed by atoms with Crippen molar-refractivity contribution < 1.29 is 13.2 Å². The topological polar surface area (TPSA) is 47.7 Å². The van der Waals surface area contributed by atoms with E-state index in [2.05, 4.69) is 15.5 Å². The quantitative estimate of drug-likeness (QED) is 0.891. The Bertz CT molecular complexity index is 614. The van der Waals surface area contributed by atoms with Crippen LogP contribution < -0.4 is 5.32 Å². The third kappa shape index (κ3) is 3.68. The lowest BCUT2D eigenvalue weighted by Crippen LogP contribution is -2.20. The minimum Gasteiger partial charge on any atom is -0.303 e. The maximum atomic E-state index is 12.7. The lowest BCUT2D eigenvalue weighted by atomic mass is 10.2. The number of hydrogen-bond acceptors (Lipinski definition) is 3. The van der Waals surface area contributed by atoms with Crippen molar-refractivity contribution in [2.75, 3.05) is 0 Å². The highest BCUT2D eigenvalue weighted by atomic mass is 19.4. The average Bonchev–Trinajstić information content (AvgIpc) is 3.10. The highest BCUT2D eigenvalue weighted by Gasteiger charge is 2.34. The van der Waals surface area contributed by atoms with E-state index in [1.807, 2.05) is 30.8 Å². The van der Waals surface area contributed by atoms with Crippen LogP contribution in [-0.2, 0) is 25.8 Å². The molecule has 1 atom stereocenters. The summed E-state index contributed by atoms with van der Waals surface area (Å²) in [5.41, 5.74) is 0.520. The van der Waals surface area contributed by atoms with Crippen molar-refractivity contribution >= 4 is 0 Å². The van der Waals surface area contributed by atoms with Gasteiger partial charge in [0.1, 0.15) is 0 Å². The second-order valence-corrected chi connectivity index (χ2v) is 5.03. The van der Waals surface area contributed by atoms with Crippen molar-refractivity contribution in [2.45, 2.75) is 52.6 Å². The van der Waals surface area contributed by atoms with E-state index in [9.17, 15) is 13.2 Å². The summed E-state index contributed by atoms with van der Waals surface area (Å²) in [5.74, 6) is 0. The molecule has 1 N–H and O–H groups in total. The molecule has 0 saturated carbocycles. The largest absolute Gasteiger partial charge is 0.435 e. The molecule has 2 rings (SSSR count). The van der Waals surface area contributed by atoms with Crippen LogP contribution in [0.15, 0.2) is 18.3 Å². The van der Waals surface area contributed by atoms with E-state index in [0.29, 0.717) is 18.8 Å². The molecular formula is C14H20F3N5. The molecule has 8 heteroatoms. The molecular weight excluding hydrogens is 295 g/mol. The smallest absolute Gasteiger partial charge is 0.303 e. The number of hydrogen-bond donors (Lipinski definition) is 1. The van der Waals surface area contributed by atoms with E-state index in [1.165, 1.54) is 4.68 Å². The zero-order valence-corrected chi connectivity index (χ0v) is 12.9. The summed E-state index contributed by atoms with van der Waals surface area (Å²) in [6.45, 7) is 7.17. The zero-order chi connectivity index (χ0) is 16.3. The lowest BCUT2D eigenvalue weighted by molar-refractivity contribution is -0.141. The third-order valence-electron chi connectivity index (χ3n) is 3.47. The molecule has 2 aromatic rings. The lowest BCUT2D eigenvalue weighted by Gasteiger charge is -2.12. The van der Waals surface area contributed by atoms with Crippen LogP contribution in [0.1, 0.15) is 43.9 Å². The van der Waals surface area contributed by atoms with Gasteiger partial charge < -0.3 is 5.32 Å². The van der Waals surface area contributed by atoms with Crippen molar-refractivity contribution in [3.63, 3.8) is 0 Å². The van der Waals surface area contributed by atoms with Gasteiger partial charge in [-0.15, -0.1) is 0 Å². The molecule has 0 amide bonds. The molecule has 22 heavy (non-hydrogen) atoms. The van der Waals surface area contributed by atoms with Crippen molar-refractivity contribution in [3.05, 3.63) is 35.4 Å². The number of rotatable bonds is 6. The van der Waals surface area contributed by atoms with Gasteiger partial charge in [0.05, 0.1) is 11.4 Å². The molecule has 0 fully saturated rings. The summed E-state index contributed by atoms with van der Waals surface area (Å²) in [5, 5.41) is 11.2. The van der Waals surface area contributed by atoms with Crippen LogP contribution in [0.3, 0.4) is 0 Å². The van der Waals surface area contributed by atoms with E-state index in [1.54, 1.807) is 6.92 Å². The summed E-state index contributed by atoms with van der Waals surface area (Å²) in [7, 11) is 0. The van der Waals surface area contributed by atoms with E-state index in [0.717, 1.165) is 18.3 Å². The van der Waals surface area contributed by atoms with Gasteiger partial charge in [-0.25, -0.2) is 0 Å². The molecule has 2 aromatic heterocycles. The summed E-state index contributed by atoms with van der Waals surface area (Å²) in [6, 6.07) is 2.94. The van der Waals surface area contributed by atoms with Gasteiger partial charge in [-0.2, -0.15) is 23.4 Å². The molecule has 122 valence electrons. The Hall–Kier alpha value is -1.83. The van der Waals surface area contributed by atoms with Crippen LogP contribution in [0.4, 0.5) is 13.2 Å². The molecule has 0 bridgehead atoms. The van der Waals surface area contributed by atoms with E-state index in [-0.39, 0.29) is 6.04 Å². The Morgan fingerprint density at radius 1 is 1.23 bits per heavy atom. The SMILES string of the molecule is CCn1ccc(C(C)NCc2cc(C(F)(F)F)nn2CC)n1. The Kier molecular flexibility index (Phi) is 4.90. The molecule has 0 aliphatic heterocycles. The first kappa shape index (κ1) is 16.5. The van der Waals surface area contributed by atoms with Crippen LogP contribution in [0.2, 0.25) is 0 Å². The normalized spacial score (nSPS) is 13.5. The zero-order valence-electron chi connectivity index (χ0n) is 12.9. The number of aryl methyl sites for hydroxylation is 2. The van der Waals surface area contributed by atoms with Gasteiger partial charge in [0, 0.05) is 31.9 Å². The average molecular weight is 315 g/mol. The monoisotopic (exact) mass is 315 g/mol. The number of nitrogens with zero attached hydrogens (tertiary/aromatic N) is 4. The van der Waals surface area contributed by atoms with Crippen molar-refractivity contribution in [3.8, 4) is 0 Å². The Morgan fingerprint density at radius 3 is 2.50 bits per heavy atom. The van der Waals surface area contributed by atoms with Gasteiger partial charge in [-0.3, -0.25) is 9.36 Å². The molecule has 1 unspecified atom stereocenters. The van der Waals surface area contributed by atoms with Gasteiger partial charge >= 0.3 is 6.18 Å². The van der Waals surface area contributed by atoms with E-state index >= 15 is 0 Å². The van der Waals surface area contributed by atoms with Gasteiger partial charge in [0.2, 0.25) is 0 Å². The van der Waals surface area contributed by atoms with Gasteiger partial charge in [-0.05, 0) is 32.9 Å². The van der Waals surface area contributed by atoms with Crippen molar-refractivity contribution in [1.82, 2.24) is 24.9 Å². The number of halogens is 3. The molecule has 2 heterocycles. The fourth-order valence-electron chi connectivity index (χ4n) is 2.16. The Morgan fingerprint density at radius 2 is 1.95 bits per heavy atom. The second kappa shape index (κ2) is 6.51. The highest BCUT2D eigenvalue weighted by Crippen LogP contribution is 2.28. The van der Waals surface area contributed by atoms with Crippen LogP contribution in [0.5, 0.6) is 0 Å². The minimum absolute atomic E-state index is 0.0534. The molecule has 0 aromatic carbocycles. The van der Waals surface area contributed by atoms with Gasteiger partial charge in [0.15, 0.2) is 5.69 Å². The first-order chi connectivity index (χ1) is 10.3. The number of aromatic nitrogens is 4. The van der Waals surface area contributed by atoms with Gasteiger partial charge in [0.25, 0.3) is 0 Å². The Labute approximate surface area is 127 Å². The molecule has 0 aliphatic carbocycles. The second-order valence-electron chi connectivity index (χ2n) is 5.03. The highest BCUT2D eigenvalue weighted by molar-refractivity contribution is 5.14.